The highest BCUT2D eigenvalue weighted by Gasteiger charge is 2.42. The van der Waals surface area contributed by atoms with E-state index in [1.165, 1.54) is 17.7 Å². The monoisotopic (exact) mass is 428 g/mol. The Balaban J connectivity index is 1.48. The van der Waals surface area contributed by atoms with Crippen LogP contribution in [0, 0.1) is 11.8 Å². The zero-order valence-corrected chi connectivity index (χ0v) is 18.0. The maximum Gasteiger partial charge on any atom is 0.416 e. The minimum absolute atomic E-state index is 0.0215. The van der Waals surface area contributed by atoms with Crippen molar-refractivity contribution in [3.05, 3.63) is 35.9 Å². The second-order valence-corrected chi connectivity index (χ2v) is 8.91. The molecule has 4 rings (SSSR count). The zero-order valence-electron chi connectivity index (χ0n) is 18.0. The van der Waals surface area contributed by atoms with Gasteiger partial charge in [-0.2, -0.15) is 0 Å². The Morgan fingerprint density at radius 1 is 1.06 bits per heavy atom. The number of benzene rings is 1. The summed E-state index contributed by atoms with van der Waals surface area (Å²) in [5, 5.41) is 0. The van der Waals surface area contributed by atoms with Crippen molar-refractivity contribution in [2.75, 3.05) is 32.9 Å². The summed E-state index contributed by atoms with van der Waals surface area (Å²) in [5.41, 5.74) is 1.06. The topological polar surface area (TPSA) is 76.2 Å². The lowest BCUT2D eigenvalue weighted by Crippen LogP contribution is -2.46. The Morgan fingerprint density at radius 3 is 2.48 bits per heavy atom. The van der Waals surface area contributed by atoms with E-state index in [1.54, 1.807) is 4.90 Å². The summed E-state index contributed by atoms with van der Waals surface area (Å²) in [7, 11) is 0. The standard InChI is InChI=1S/C24H32N2O5/c27-22(25-10-12-30-13-11-25)16-20(14-18-8-4-5-9-18)23(28)26-21(17-31-24(26)29)15-19-6-2-1-3-7-19/h1-3,6-7,18,20-21H,4-5,8-17H2/t20-,21+/m1/s1. The number of hydrogen-bond acceptors (Lipinski definition) is 5. The molecule has 1 aromatic rings. The van der Waals surface area contributed by atoms with Crippen LogP contribution in [0.2, 0.25) is 0 Å². The van der Waals surface area contributed by atoms with E-state index in [0.717, 1.165) is 18.4 Å². The van der Waals surface area contributed by atoms with E-state index < -0.39 is 12.0 Å². The van der Waals surface area contributed by atoms with Crippen LogP contribution in [0.25, 0.3) is 0 Å². The van der Waals surface area contributed by atoms with Gasteiger partial charge in [0.05, 0.1) is 19.3 Å². The molecule has 3 amide bonds. The van der Waals surface area contributed by atoms with Gasteiger partial charge in [0.25, 0.3) is 0 Å². The Hall–Kier alpha value is -2.41. The van der Waals surface area contributed by atoms with E-state index in [2.05, 4.69) is 0 Å². The number of imide groups is 1. The molecule has 2 aliphatic heterocycles. The highest BCUT2D eigenvalue weighted by atomic mass is 16.6. The molecule has 1 saturated carbocycles. The minimum atomic E-state index is -0.582. The van der Waals surface area contributed by atoms with Crippen molar-refractivity contribution in [1.29, 1.82) is 0 Å². The molecule has 168 valence electrons. The predicted molar refractivity (Wildman–Crippen MR) is 114 cm³/mol. The smallest absolute Gasteiger partial charge is 0.416 e. The van der Waals surface area contributed by atoms with Gasteiger partial charge in [-0.05, 0) is 24.3 Å². The first-order valence-electron chi connectivity index (χ1n) is 11.5. The molecule has 1 aliphatic carbocycles. The van der Waals surface area contributed by atoms with Gasteiger partial charge in [0, 0.05) is 25.4 Å². The van der Waals surface area contributed by atoms with Crippen LogP contribution in [0.1, 0.15) is 44.1 Å². The maximum atomic E-state index is 13.6. The molecule has 0 spiro atoms. The molecule has 3 fully saturated rings. The molecule has 0 aromatic heterocycles. The minimum Gasteiger partial charge on any atom is -0.447 e. The highest BCUT2D eigenvalue weighted by molar-refractivity contribution is 5.96. The fourth-order valence-corrected chi connectivity index (χ4v) is 5.04. The number of amides is 3. The Morgan fingerprint density at radius 2 is 1.77 bits per heavy atom. The third-order valence-electron chi connectivity index (χ3n) is 6.74. The third-order valence-corrected chi connectivity index (χ3v) is 6.74. The molecule has 7 nitrogen and oxygen atoms in total. The van der Waals surface area contributed by atoms with Crippen LogP contribution >= 0.6 is 0 Å². The molecule has 0 N–H and O–H groups in total. The van der Waals surface area contributed by atoms with Gasteiger partial charge in [-0.1, -0.05) is 56.0 Å². The quantitative estimate of drug-likeness (QED) is 0.667. The third kappa shape index (κ3) is 5.45. The van der Waals surface area contributed by atoms with Gasteiger partial charge in [-0.15, -0.1) is 0 Å². The van der Waals surface area contributed by atoms with Crippen LogP contribution in [-0.4, -0.2) is 66.7 Å². The summed E-state index contributed by atoms with van der Waals surface area (Å²) < 4.78 is 10.6. The molecular formula is C24H32N2O5. The largest absolute Gasteiger partial charge is 0.447 e. The average molecular weight is 429 g/mol. The molecule has 2 heterocycles. The molecule has 2 saturated heterocycles. The molecule has 0 unspecified atom stereocenters. The summed E-state index contributed by atoms with van der Waals surface area (Å²) in [5.74, 6) is -0.316. The van der Waals surface area contributed by atoms with E-state index in [-0.39, 0.29) is 30.9 Å². The van der Waals surface area contributed by atoms with Crippen LogP contribution in [0.5, 0.6) is 0 Å². The van der Waals surface area contributed by atoms with Crippen molar-refractivity contribution in [2.45, 2.75) is 51.0 Å². The highest BCUT2D eigenvalue weighted by Crippen LogP contribution is 2.33. The number of morpholine rings is 1. The predicted octanol–water partition coefficient (Wildman–Crippen LogP) is 3.02. The van der Waals surface area contributed by atoms with Crippen molar-refractivity contribution in [1.82, 2.24) is 9.80 Å². The summed E-state index contributed by atoms with van der Waals surface area (Å²) in [6.45, 7) is 2.39. The number of rotatable bonds is 7. The zero-order chi connectivity index (χ0) is 21.6. The van der Waals surface area contributed by atoms with E-state index in [1.807, 2.05) is 30.3 Å². The number of ether oxygens (including phenoxy) is 2. The second kappa shape index (κ2) is 10.3. The van der Waals surface area contributed by atoms with Crippen molar-refractivity contribution < 1.29 is 23.9 Å². The van der Waals surface area contributed by atoms with Crippen LogP contribution < -0.4 is 0 Å². The summed E-state index contributed by atoms with van der Waals surface area (Å²) in [6.07, 6.45) is 5.32. The number of carbonyl (C=O) groups is 3. The van der Waals surface area contributed by atoms with Gasteiger partial charge >= 0.3 is 6.09 Å². The number of cyclic esters (lactones) is 1. The van der Waals surface area contributed by atoms with Crippen LogP contribution in [0.3, 0.4) is 0 Å². The SMILES string of the molecule is O=C(C[C@@H](CC1CCCC1)C(=O)N1C(=O)OC[C@@H]1Cc1ccccc1)N1CCOCC1. The average Bonchev–Trinajstić information content (AvgIpc) is 3.44. The molecule has 0 radical (unpaired) electrons. The molecule has 1 aromatic carbocycles. The van der Waals surface area contributed by atoms with Crippen molar-refractivity contribution in [3.8, 4) is 0 Å². The van der Waals surface area contributed by atoms with Crippen LogP contribution in [0.4, 0.5) is 4.79 Å². The number of hydrogen-bond donors (Lipinski definition) is 0. The number of carbonyl (C=O) groups excluding carboxylic acids is 3. The molecule has 2 atom stereocenters. The molecule has 31 heavy (non-hydrogen) atoms. The summed E-state index contributed by atoms with van der Waals surface area (Å²) in [4.78, 5) is 42.1. The maximum absolute atomic E-state index is 13.6. The van der Waals surface area contributed by atoms with Gasteiger partial charge in [-0.25, -0.2) is 9.69 Å². The lowest BCUT2D eigenvalue weighted by molar-refractivity contribution is -0.142. The van der Waals surface area contributed by atoms with Gasteiger partial charge in [-0.3, -0.25) is 9.59 Å². The number of nitrogens with zero attached hydrogens (tertiary/aromatic N) is 2. The summed E-state index contributed by atoms with van der Waals surface area (Å²) in [6, 6.07) is 9.49. The lowest BCUT2D eigenvalue weighted by Gasteiger charge is -2.30. The lowest BCUT2D eigenvalue weighted by atomic mass is 9.89. The molecule has 0 bridgehead atoms. The van der Waals surface area contributed by atoms with Gasteiger partial charge in [0.1, 0.15) is 6.61 Å². The van der Waals surface area contributed by atoms with Crippen LogP contribution in [-0.2, 0) is 25.5 Å². The van der Waals surface area contributed by atoms with Crippen LogP contribution in [0.15, 0.2) is 30.3 Å². The van der Waals surface area contributed by atoms with E-state index in [9.17, 15) is 14.4 Å². The van der Waals surface area contributed by atoms with E-state index in [0.29, 0.717) is 45.1 Å². The molecule has 3 aliphatic rings. The van der Waals surface area contributed by atoms with Crippen molar-refractivity contribution in [3.63, 3.8) is 0 Å². The van der Waals surface area contributed by atoms with Crippen molar-refractivity contribution in [2.24, 2.45) is 11.8 Å². The second-order valence-electron chi connectivity index (χ2n) is 8.91. The Kier molecular flexibility index (Phi) is 7.22. The Bertz CT molecular complexity index is 771. The molecule has 7 heteroatoms. The first kappa shape index (κ1) is 21.8. The van der Waals surface area contributed by atoms with Gasteiger partial charge in [0.15, 0.2) is 0 Å². The first-order chi connectivity index (χ1) is 15.1. The van der Waals surface area contributed by atoms with Gasteiger partial charge < -0.3 is 14.4 Å². The first-order valence-corrected chi connectivity index (χ1v) is 11.5. The fourth-order valence-electron chi connectivity index (χ4n) is 5.04. The van der Waals surface area contributed by atoms with Crippen molar-refractivity contribution >= 4 is 17.9 Å². The fraction of sp³-hybridized carbons (Fsp3) is 0.625. The normalized spacial score (nSPS) is 23.1. The van der Waals surface area contributed by atoms with E-state index >= 15 is 0 Å². The van der Waals surface area contributed by atoms with E-state index in [4.69, 9.17) is 9.47 Å². The van der Waals surface area contributed by atoms with Gasteiger partial charge in [0.2, 0.25) is 11.8 Å². The summed E-state index contributed by atoms with van der Waals surface area (Å²) >= 11 is 0. The molecular weight excluding hydrogens is 396 g/mol. The Labute approximate surface area is 183 Å².